The fourth-order valence-corrected chi connectivity index (χ4v) is 6.93. The number of amides is 2. The molecule has 1 N–H and O–H groups in total. The lowest BCUT2D eigenvalue weighted by molar-refractivity contribution is -0.135. The van der Waals surface area contributed by atoms with Crippen LogP contribution in [-0.2, 0) is 24.3 Å². The first kappa shape index (κ1) is 20.6. The van der Waals surface area contributed by atoms with Crippen LogP contribution in [0.25, 0.3) is 0 Å². The van der Waals surface area contributed by atoms with Crippen LogP contribution in [0.4, 0.5) is 5.69 Å². The fourth-order valence-electron chi connectivity index (χ4n) is 4.06. The number of sulfonamides is 1. The van der Waals surface area contributed by atoms with E-state index in [0.29, 0.717) is 44.2 Å². The van der Waals surface area contributed by atoms with E-state index in [1.807, 2.05) is 13.8 Å². The summed E-state index contributed by atoms with van der Waals surface area (Å²) >= 11 is 1.63. The third-order valence-corrected chi connectivity index (χ3v) is 9.22. The van der Waals surface area contributed by atoms with Gasteiger partial charge in [-0.25, -0.2) is 8.42 Å². The topological polar surface area (TPSA) is 96.0 Å². The Balaban J connectivity index is 1.56. The van der Waals surface area contributed by atoms with Gasteiger partial charge in [0.05, 0.1) is 23.0 Å². The maximum Gasteiger partial charge on any atom is 0.248 e. The fraction of sp³-hybridized carbons (Fsp3) is 0.579. The summed E-state index contributed by atoms with van der Waals surface area (Å²) in [6, 6.07) is 4.21. The number of benzene rings is 1. The molecule has 3 fully saturated rings. The van der Waals surface area contributed by atoms with Gasteiger partial charge in [-0.1, -0.05) is 6.07 Å². The van der Waals surface area contributed by atoms with Crippen LogP contribution in [0.2, 0.25) is 0 Å². The Labute approximate surface area is 175 Å². The quantitative estimate of drug-likeness (QED) is 0.762. The number of carbonyl (C=O) groups is 2. The summed E-state index contributed by atoms with van der Waals surface area (Å²) in [4.78, 5) is 26.8. The number of rotatable bonds is 4. The first-order valence-corrected chi connectivity index (χ1v) is 12.1. The summed E-state index contributed by atoms with van der Waals surface area (Å²) in [5.41, 5.74) is 1.22. The smallest absolute Gasteiger partial charge is 0.248 e. The van der Waals surface area contributed by atoms with Gasteiger partial charge >= 0.3 is 0 Å². The van der Waals surface area contributed by atoms with Crippen LogP contribution in [0.15, 0.2) is 23.1 Å². The Morgan fingerprint density at radius 3 is 2.76 bits per heavy atom. The van der Waals surface area contributed by atoms with E-state index in [2.05, 4.69) is 5.32 Å². The van der Waals surface area contributed by atoms with Gasteiger partial charge in [-0.2, -0.15) is 4.31 Å². The highest BCUT2D eigenvalue weighted by molar-refractivity contribution is 8.01. The van der Waals surface area contributed by atoms with Crippen LogP contribution in [0.1, 0.15) is 25.3 Å². The average molecular weight is 440 g/mol. The van der Waals surface area contributed by atoms with Gasteiger partial charge in [0.1, 0.15) is 6.04 Å². The van der Waals surface area contributed by atoms with Crippen molar-refractivity contribution in [3.63, 3.8) is 0 Å². The van der Waals surface area contributed by atoms with E-state index < -0.39 is 16.1 Å². The highest BCUT2D eigenvalue weighted by atomic mass is 32.2. The molecule has 0 bridgehead atoms. The molecule has 1 aromatic carbocycles. The highest BCUT2D eigenvalue weighted by Crippen LogP contribution is 2.47. The zero-order valence-corrected chi connectivity index (χ0v) is 18.1. The highest BCUT2D eigenvalue weighted by Gasteiger charge is 2.52. The summed E-state index contributed by atoms with van der Waals surface area (Å²) in [5, 5.41) is 2.86. The number of nitrogens with one attached hydrogen (secondary N) is 1. The van der Waals surface area contributed by atoms with E-state index in [-0.39, 0.29) is 21.6 Å². The molecule has 3 saturated heterocycles. The number of carbonyl (C=O) groups excluding carboxylic acids is 2. The molecule has 2 amide bonds. The number of anilines is 1. The molecule has 0 saturated carbocycles. The minimum atomic E-state index is -3.66. The second-order valence-electron chi connectivity index (χ2n) is 7.75. The van der Waals surface area contributed by atoms with E-state index in [1.54, 1.807) is 28.8 Å². The lowest BCUT2D eigenvalue weighted by Crippen LogP contribution is -2.48. The van der Waals surface area contributed by atoms with Crippen molar-refractivity contribution in [3.8, 4) is 0 Å². The normalized spacial score (nSPS) is 27.9. The standard InChI is InChI=1S/C19H25N3O5S2/c1-13-3-4-14(29(25,26)21-7-9-27-10-8-21)11-15(13)20-18(24)16-12-28-19(2)6-5-17(23)22(16)19/h3-4,11,16H,5-10,12H2,1-2H3,(H,20,24). The number of thioether (sulfide) groups is 1. The van der Waals surface area contributed by atoms with Crippen molar-refractivity contribution >= 4 is 39.3 Å². The van der Waals surface area contributed by atoms with Gasteiger partial charge in [0, 0.05) is 31.0 Å². The molecule has 0 aliphatic carbocycles. The summed E-state index contributed by atoms with van der Waals surface area (Å²) in [5.74, 6) is 0.261. The molecule has 0 aromatic heterocycles. The van der Waals surface area contributed by atoms with E-state index in [0.717, 1.165) is 12.0 Å². The summed E-state index contributed by atoms with van der Waals surface area (Å²) in [7, 11) is -3.66. The maximum absolute atomic E-state index is 13.0. The molecule has 4 rings (SSSR count). The van der Waals surface area contributed by atoms with Crippen molar-refractivity contribution in [1.29, 1.82) is 0 Å². The van der Waals surface area contributed by atoms with E-state index in [9.17, 15) is 18.0 Å². The molecule has 29 heavy (non-hydrogen) atoms. The predicted molar refractivity (Wildman–Crippen MR) is 110 cm³/mol. The lowest BCUT2D eigenvalue weighted by Gasteiger charge is -2.30. The third-order valence-electron chi connectivity index (χ3n) is 5.82. The Morgan fingerprint density at radius 2 is 2.03 bits per heavy atom. The van der Waals surface area contributed by atoms with Gasteiger partial charge in [-0.3, -0.25) is 9.59 Å². The van der Waals surface area contributed by atoms with Gasteiger partial charge in [0.2, 0.25) is 21.8 Å². The van der Waals surface area contributed by atoms with Crippen molar-refractivity contribution in [3.05, 3.63) is 23.8 Å². The molecular weight excluding hydrogens is 414 g/mol. The Kier molecular flexibility index (Phi) is 5.39. The van der Waals surface area contributed by atoms with Crippen LogP contribution in [0.3, 0.4) is 0 Å². The van der Waals surface area contributed by atoms with E-state index in [4.69, 9.17) is 4.74 Å². The molecule has 8 nitrogen and oxygen atoms in total. The van der Waals surface area contributed by atoms with Gasteiger partial charge in [-0.05, 0) is 38.0 Å². The van der Waals surface area contributed by atoms with Crippen molar-refractivity contribution in [2.24, 2.45) is 0 Å². The summed E-state index contributed by atoms with van der Waals surface area (Å²) < 4.78 is 32.5. The maximum atomic E-state index is 13.0. The third kappa shape index (κ3) is 3.67. The molecule has 2 unspecified atom stereocenters. The molecule has 3 heterocycles. The molecule has 1 aromatic rings. The van der Waals surface area contributed by atoms with Crippen molar-refractivity contribution in [1.82, 2.24) is 9.21 Å². The Hall–Kier alpha value is -1.62. The Morgan fingerprint density at radius 1 is 1.31 bits per heavy atom. The van der Waals surface area contributed by atoms with Crippen LogP contribution in [0.5, 0.6) is 0 Å². The van der Waals surface area contributed by atoms with Crippen LogP contribution in [0, 0.1) is 6.92 Å². The minimum absolute atomic E-state index is 0.00184. The monoisotopic (exact) mass is 439 g/mol. The molecule has 10 heteroatoms. The van der Waals surface area contributed by atoms with Gasteiger partial charge in [0.15, 0.2) is 0 Å². The summed E-state index contributed by atoms with van der Waals surface area (Å²) in [6.45, 7) is 5.18. The van der Waals surface area contributed by atoms with Crippen LogP contribution in [-0.4, -0.2) is 72.4 Å². The van der Waals surface area contributed by atoms with Crippen LogP contribution < -0.4 is 5.32 Å². The summed E-state index contributed by atoms with van der Waals surface area (Å²) in [6.07, 6.45) is 1.20. The zero-order valence-electron chi connectivity index (χ0n) is 16.5. The number of aryl methyl sites for hydroxylation is 1. The number of hydrogen-bond donors (Lipinski definition) is 1. The minimum Gasteiger partial charge on any atom is -0.379 e. The zero-order chi connectivity index (χ0) is 20.8. The molecule has 0 spiro atoms. The van der Waals surface area contributed by atoms with Crippen LogP contribution >= 0.6 is 11.8 Å². The molecule has 0 radical (unpaired) electrons. The number of morpholine rings is 1. The largest absolute Gasteiger partial charge is 0.379 e. The lowest BCUT2D eigenvalue weighted by atomic mass is 10.1. The number of hydrogen-bond acceptors (Lipinski definition) is 6. The molecule has 158 valence electrons. The second kappa shape index (κ2) is 7.57. The van der Waals surface area contributed by atoms with Crippen molar-refractivity contribution < 1.29 is 22.7 Å². The number of fused-ring (bicyclic) bond motifs is 1. The Bertz CT molecular complexity index is 945. The predicted octanol–water partition coefficient (Wildman–Crippen LogP) is 1.41. The molecular formula is C19H25N3O5S2. The van der Waals surface area contributed by atoms with Gasteiger partial charge < -0.3 is 15.0 Å². The van der Waals surface area contributed by atoms with E-state index in [1.165, 1.54) is 10.4 Å². The van der Waals surface area contributed by atoms with E-state index >= 15 is 0 Å². The second-order valence-corrected chi connectivity index (χ2v) is 11.2. The van der Waals surface area contributed by atoms with Gasteiger partial charge in [0.25, 0.3) is 0 Å². The van der Waals surface area contributed by atoms with Crippen molar-refractivity contribution in [2.75, 3.05) is 37.4 Å². The average Bonchev–Trinajstić information content (AvgIpc) is 3.20. The van der Waals surface area contributed by atoms with Gasteiger partial charge in [-0.15, -0.1) is 11.8 Å². The molecule has 3 aliphatic heterocycles. The molecule has 2 atom stereocenters. The number of nitrogens with zero attached hydrogens (tertiary/aromatic N) is 2. The number of ether oxygens (including phenoxy) is 1. The first-order chi connectivity index (χ1) is 13.7. The first-order valence-electron chi connectivity index (χ1n) is 9.68. The SMILES string of the molecule is Cc1ccc(S(=O)(=O)N2CCOCC2)cc1NC(=O)C1CSC2(C)CCC(=O)N12. The van der Waals surface area contributed by atoms with Crippen molar-refractivity contribution in [2.45, 2.75) is 42.5 Å². The molecule has 3 aliphatic rings.